The summed E-state index contributed by atoms with van der Waals surface area (Å²) in [6, 6.07) is 15.6. The van der Waals surface area contributed by atoms with Gasteiger partial charge in [-0.05, 0) is 72.8 Å². The summed E-state index contributed by atoms with van der Waals surface area (Å²) in [6.45, 7) is 4.78. The van der Waals surface area contributed by atoms with Gasteiger partial charge in [-0.1, -0.05) is 12.1 Å². The zero-order valence-electron chi connectivity index (χ0n) is 17.1. The first kappa shape index (κ1) is 21.9. The average Bonchev–Trinajstić information content (AvgIpc) is 3.29. The molecular formula is C22H24N2O4S2. The van der Waals surface area contributed by atoms with E-state index >= 15 is 0 Å². The maximum Gasteiger partial charge on any atom is 0.273 e. The Balaban J connectivity index is 1.54. The first-order valence-corrected chi connectivity index (χ1v) is 11.7. The van der Waals surface area contributed by atoms with Gasteiger partial charge in [0.05, 0.1) is 12.2 Å². The third-order valence-electron chi connectivity index (χ3n) is 4.74. The van der Waals surface area contributed by atoms with Crippen molar-refractivity contribution >= 4 is 33.0 Å². The third-order valence-corrected chi connectivity index (χ3v) is 7.90. The number of benzene rings is 2. The number of thiophene rings is 1. The van der Waals surface area contributed by atoms with Crippen molar-refractivity contribution in [3.63, 3.8) is 0 Å². The average molecular weight is 445 g/mol. The molecule has 2 aromatic carbocycles. The number of amides is 1. The van der Waals surface area contributed by atoms with Crippen molar-refractivity contribution in [2.45, 2.75) is 18.1 Å². The zero-order valence-corrected chi connectivity index (χ0v) is 18.7. The molecule has 1 amide bonds. The van der Waals surface area contributed by atoms with Crippen molar-refractivity contribution in [2.75, 3.05) is 24.5 Å². The van der Waals surface area contributed by atoms with Crippen LogP contribution in [0.25, 0.3) is 0 Å². The zero-order chi connectivity index (χ0) is 21.7. The van der Waals surface area contributed by atoms with Gasteiger partial charge in [-0.2, -0.15) is 0 Å². The van der Waals surface area contributed by atoms with Crippen LogP contribution >= 0.6 is 11.3 Å². The topological polar surface area (TPSA) is 75.7 Å². The summed E-state index contributed by atoms with van der Waals surface area (Å²) in [7, 11) is -2.10. The Kier molecular flexibility index (Phi) is 6.79. The van der Waals surface area contributed by atoms with E-state index in [4.69, 9.17) is 4.74 Å². The number of nitrogens with one attached hydrogen (secondary N) is 1. The second-order valence-electron chi connectivity index (χ2n) is 6.80. The van der Waals surface area contributed by atoms with E-state index in [1.54, 1.807) is 41.8 Å². The van der Waals surface area contributed by atoms with Crippen LogP contribution in [0.4, 0.5) is 5.69 Å². The maximum absolute atomic E-state index is 12.6. The first-order chi connectivity index (χ1) is 14.3. The Labute approximate surface area is 181 Å². The molecule has 8 heteroatoms. The molecular weight excluding hydrogens is 420 g/mol. The molecule has 3 rings (SSSR count). The maximum atomic E-state index is 12.6. The van der Waals surface area contributed by atoms with Crippen LogP contribution in [-0.4, -0.2) is 34.5 Å². The summed E-state index contributed by atoms with van der Waals surface area (Å²) in [6.07, 6.45) is 0. The molecule has 0 spiro atoms. The summed E-state index contributed by atoms with van der Waals surface area (Å²) in [5.41, 5.74) is 3.29. The van der Waals surface area contributed by atoms with Crippen LogP contribution in [0.1, 0.15) is 21.5 Å². The van der Waals surface area contributed by atoms with E-state index < -0.39 is 10.0 Å². The van der Waals surface area contributed by atoms with Crippen molar-refractivity contribution in [3.05, 3.63) is 76.7 Å². The first-order valence-electron chi connectivity index (χ1n) is 9.40. The Morgan fingerprint density at radius 3 is 2.43 bits per heavy atom. The van der Waals surface area contributed by atoms with Gasteiger partial charge in [0.15, 0.2) is 0 Å². The van der Waals surface area contributed by atoms with Gasteiger partial charge < -0.3 is 10.1 Å². The SMILES string of the molecule is Cc1ccc(OCCNC(=O)c2ccc(N(C)S(=O)(=O)c3cccs3)cc2)cc1C. The summed E-state index contributed by atoms with van der Waals surface area (Å²) in [5.74, 6) is 0.528. The fourth-order valence-corrected chi connectivity index (χ4v) is 5.10. The van der Waals surface area contributed by atoms with Gasteiger partial charge >= 0.3 is 0 Å². The predicted octanol–water partition coefficient (Wildman–Crippen LogP) is 4.00. The largest absolute Gasteiger partial charge is 0.492 e. The molecule has 6 nitrogen and oxygen atoms in total. The van der Waals surface area contributed by atoms with E-state index in [2.05, 4.69) is 5.32 Å². The molecule has 1 heterocycles. The molecule has 30 heavy (non-hydrogen) atoms. The number of rotatable bonds is 8. The van der Waals surface area contributed by atoms with E-state index in [0.717, 1.165) is 11.3 Å². The number of anilines is 1. The lowest BCUT2D eigenvalue weighted by molar-refractivity contribution is 0.0947. The number of aryl methyl sites for hydroxylation is 2. The Bertz CT molecular complexity index is 1110. The molecule has 0 aliphatic carbocycles. The molecule has 0 bridgehead atoms. The van der Waals surface area contributed by atoms with Crippen LogP contribution in [0.3, 0.4) is 0 Å². The van der Waals surface area contributed by atoms with Crippen molar-refractivity contribution < 1.29 is 17.9 Å². The summed E-state index contributed by atoms with van der Waals surface area (Å²) >= 11 is 1.17. The van der Waals surface area contributed by atoms with Gasteiger partial charge in [-0.25, -0.2) is 8.42 Å². The lowest BCUT2D eigenvalue weighted by Gasteiger charge is -2.18. The van der Waals surface area contributed by atoms with Crippen LogP contribution in [0.15, 0.2) is 64.2 Å². The highest BCUT2D eigenvalue weighted by atomic mass is 32.2. The second-order valence-corrected chi connectivity index (χ2v) is 9.95. The molecule has 3 aromatic rings. The van der Waals surface area contributed by atoms with Gasteiger partial charge in [-0.3, -0.25) is 9.10 Å². The number of carbonyl (C=O) groups excluding carboxylic acids is 1. The number of carbonyl (C=O) groups is 1. The minimum atomic E-state index is -3.60. The van der Waals surface area contributed by atoms with E-state index in [-0.39, 0.29) is 10.1 Å². The Morgan fingerprint density at radius 1 is 1.07 bits per heavy atom. The van der Waals surface area contributed by atoms with Gasteiger partial charge in [0, 0.05) is 12.6 Å². The number of hydrogen-bond donors (Lipinski definition) is 1. The molecule has 0 aliphatic heterocycles. The molecule has 158 valence electrons. The summed E-state index contributed by atoms with van der Waals surface area (Å²) in [4.78, 5) is 12.3. The highest BCUT2D eigenvalue weighted by molar-refractivity contribution is 7.94. The van der Waals surface area contributed by atoms with E-state index in [1.807, 2.05) is 32.0 Å². The lowest BCUT2D eigenvalue weighted by atomic mass is 10.1. The Hall–Kier alpha value is -2.84. The number of hydrogen-bond acceptors (Lipinski definition) is 5. The van der Waals surface area contributed by atoms with Crippen LogP contribution in [-0.2, 0) is 10.0 Å². The summed E-state index contributed by atoms with van der Waals surface area (Å²) in [5, 5.41) is 4.52. The molecule has 0 aliphatic rings. The Morgan fingerprint density at radius 2 is 1.80 bits per heavy atom. The van der Waals surface area contributed by atoms with E-state index in [1.165, 1.54) is 28.3 Å². The molecule has 0 atom stereocenters. The quantitative estimate of drug-likeness (QED) is 0.533. The highest BCUT2D eigenvalue weighted by Crippen LogP contribution is 2.25. The molecule has 0 radical (unpaired) electrons. The van der Waals surface area contributed by atoms with E-state index in [9.17, 15) is 13.2 Å². The molecule has 1 N–H and O–H groups in total. The van der Waals surface area contributed by atoms with Crippen molar-refractivity contribution in [3.8, 4) is 5.75 Å². The van der Waals surface area contributed by atoms with Gasteiger partial charge in [0.2, 0.25) is 0 Å². The smallest absolute Gasteiger partial charge is 0.273 e. The fourth-order valence-electron chi connectivity index (χ4n) is 2.75. The molecule has 0 saturated carbocycles. The van der Waals surface area contributed by atoms with Crippen LogP contribution in [0.2, 0.25) is 0 Å². The van der Waals surface area contributed by atoms with Crippen molar-refractivity contribution in [1.82, 2.24) is 5.32 Å². The number of nitrogens with zero attached hydrogens (tertiary/aromatic N) is 1. The van der Waals surface area contributed by atoms with Crippen molar-refractivity contribution in [2.24, 2.45) is 0 Å². The fraction of sp³-hybridized carbons (Fsp3) is 0.227. The van der Waals surface area contributed by atoms with Gasteiger partial charge in [0.1, 0.15) is 16.6 Å². The van der Waals surface area contributed by atoms with Crippen LogP contribution in [0.5, 0.6) is 5.75 Å². The van der Waals surface area contributed by atoms with Crippen LogP contribution < -0.4 is 14.4 Å². The van der Waals surface area contributed by atoms with Crippen molar-refractivity contribution in [1.29, 1.82) is 0 Å². The predicted molar refractivity (Wildman–Crippen MR) is 120 cm³/mol. The lowest BCUT2D eigenvalue weighted by Crippen LogP contribution is -2.28. The minimum Gasteiger partial charge on any atom is -0.492 e. The van der Waals surface area contributed by atoms with Gasteiger partial charge in [-0.15, -0.1) is 11.3 Å². The monoisotopic (exact) mass is 444 g/mol. The highest BCUT2D eigenvalue weighted by Gasteiger charge is 2.22. The number of ether oxygens (including phenoxy) is 1. The second kappa shape index (κ2) is 9.32. The van der Waals surface area contributed by atoms with Crippen LogP contribution in [0, 0.1) is 13.8 Å². The van der Waals surface area contributed by atoms with Gasteiger partial charge in [0.25, 0.3) is 15.9 Å². The molecule has 0 fully saturated rings. The standard InChI is InChI=1S/C22H24N2O4S2/c1-16-6-11-20(15-17(16)2)28-13-12-23-22(25)18-7-9-19(10-8-18)24(3)30(26,27)21-5-4-14-29-21/h4-11,14-15H,12-13H2,1-3H3,(H,23,25). The third kappa shape index (κ3) is 5.01. The minimum absolute atomic E-state index is 0.242. The number of sulfonamides is 1. The summed E-state index contributed by atoms with van der Waals surface area (Å²) < 4.78 is 32.3. The normalized spacial score (nSPS) is 11.2. The molecule has 0 saturated heterocycles. The molecule has 1 aromatic heterocycles. The van der Waals surface area contributed by atoms with E-state index in [0.29, 0.717) is 24.4 Å². The molecule has 0 unspecified atom stereocenters.